The average Bonchev–Trinajstić information content (AvgIpc) is 3.01. The minimum atomic E-state index is -0.951. The first-order valence-corrected chi connectivity index (χ1v) is 7.69. The van der Waals surface area contributed by atoms with Crippen molar-refractivity contribution in [1.29, 1.82) is 0 Å². The Balaban J connectivity index is 2.17. The largest absolute Gasteiger partial charge is 0.481 e. The monoisotopic (exact) mass is 333 g/mol. The molecule has 2 aromatic rings. The van der Waals surface area contributed by atoms with E-state index in [2.05, 4.69) is 10.2 Å². The van der Waals surface area contributed by atoms with Crippen LogP contribution < -0.4 is 0 Å². The van der Waals surface area contributed by atoms with Crippen molar-refractivity contribution in [2.24, 2.45) is 5.92 Å². The van der Waals surface area contributed by atoms with Gasteiger partial charge in [0, 0.05) is 18.7 Å². The average molecular weight is 333 g/mol. The van der Waals surface area contributed by atoms with Gasteiger partial charge in [0.2, 0.25) is 0 Å². The molecule has 0 aliphatic carbocycles. The Morgan fingerprint density at radius 3 is 2.54 bits per heavy atom. The molecule has 1 amide bonds. The standard InChI is InChI=1S/C17H20FN3O3/c1-11(2)10-21(8-7-16(22)23)17(24)15-9-14(19-20-15)12-3-5-13(18)6-4-12/h3-6,9,11H,7-8,10H2,1-2H3,(H,19,20)(H,22,23). The van der Waals surface area contributed by atoms with E-state index in [0.717, 1.165) is 0 Å². The lowest BCUT2D eigenvalue weighted by Crippen LogP contribution is -2.36. The SMILES string of the molecule is CC(C)CN(CCC(=O)O)C(=O)c1cc(-c2ccc(F)cc2)n[nH]1. The molecule has 0 aliphatic rings. The summed E-state index contributed by atoms with van der Waals surface area (Å²) in [6, 6.07) is 7.39. The highest BCUT2D eigenvalue weighted by Crippen LogP contribution is 2.19. The fraction of sp³-hybridized carbons (Fsp3) is 0.353. The van der Waals surface area contributed by atoms with E-state index in [0.29, 0.717) is 17.8 Å². The molecule has 0 bridgehead atoms. The van der Waals surface area contributed by atoms with Crippen LogP contribution in [0.4, 0.5) is 4.39 Å². The molecule has 0 unspecified atom stereocenters. The van der Waals surface area contributed by atoms with Crippen molar-refractivity contribution in [1.82, 2.24) is 15.1 Å². The molecule has 0 atom stereocenters. The maximum absolute atomic E-state index is 13.0. The van der Waals surface area contributed by atoms with Gasteiger partial charge in [-0.2, -0.15) is 5.10 Å². The predicted molar refractivity (Wildman–Crippen MR) is 87.0 cm³/mol. The number of aromatic amines is 1. The van der Waals surface area contributed by atoms with Gasteiger partial charge in [-0.15, -0.1) is 0 Å². The summed E-state index contributed by atoms with van der Waals surface area (Å²) in [4.78, 5) is 24.9. The number of amides is 1. The number of nitrogens with one attached hydrogen (secondary N) is 1. The van der Waals surface area contributed by atoms with Crippen LogP contribution in [0.3, 0.4) is 0 Å². The third-order valence-corrected chi connectivity index (χ3v) is 3.42. The fourth-order valence-corrected chi connectivity index (χ4v) is 2.32. The summed E-state index contributed by atoms with van der Waals surface area (Å²) in [6.07, 6.45) is -0.114. The van der Waals surface area contributed by atoms with E-state index in [1.165, 1.54) is 17.0 Å². The van der Waals surface area contributed by atoms with Crippen molar-refractivity contribution >= 4 is 11.9 Å². The second-order valence-electron chi connectivity index (χ2n) is 5.96. The lowest BCUT2D eigenvalue weighted by atomic mass is 10.1. The van der Waals surface area contributed by atoms with Crippen LogP contribution in [0.25, 0.3) is 11.3 Å². The number of rotatable bonds is 7. The predicted octanol–water partition coefficient (Wildman–Crippen LogP) is 2.79. The number of hydrogen-bond acceptors (Lipinski definition) is 3. The molecular weight excluding hydrogens is 313 g/mol. The lowest BCUT2D eigenvalue weighted by Gasteiger charge is -2.23. The summed E-state index contributed by atoms with van der Waals surface area (Å²) in [5.74, 6) is -1.39. The second kappa shape index (κ2) is 7.72. The first-order valence-electron chi connectivity index (χ1n) is 7.69. The van der Waals surface area contributed by atoms with Gasteiger partial charge in [0.15, 0.2) is 0 Å². The van der Waals surface area contributed by atoms with Gasteiger partial charge in [-0.25, -0.2) is 4.39 Å². The topological polar surface area (TPSA) is 86.3 Å². The van der Waals surface area contributed by atoms with Gasteiger partial charge in [0.25, 0.3) is 5.91 Å². The number of carboxylic acids is 1. The van der Waals surface area contributed by atoms with Gasteiger partial charge in [0.05, 0.1) is 12.1 Å². The normalized spacial score (nSPS) is 10.8. The quantitative estimate of drug-likeness (QED) is 0.816. The number of carbonyl (C=O) groups excluding carboxylic acids is 1. The van der Waals surface area contributed by atoms with E-state index in [9.17, 15) is 14.0 Å². The van der Waals surface area contributed by atoms with Gasteiger partial charge in [-0.1, -0.05) is 13.8 Å². The van der Waals surface area contributed by atoms with Crippen molar-refractivity contribution in [3.05, 3.63) is 41.8 Å². The molecule has 1 aromatic heterocycles. The molecule has 0 saturated carbocycles. The third kappa shape index (κ3) is 4.65. The van der Waals surface area contributed by atoms with E-state index in [1.807, 2.05) is 13.8 Å². The van der Waals surface area contributed by atoms with Gasteiger partial charge < -0.3 is 10.0 Å². The Labute approximate surface area is 139 Å². The molecule has 0 spiro atoms. The third-order valence-electron chi connectivity index (χ3n) is 3.42. The Morgan fingerprint density at radius 1 is 1.29 bits per heavy atom. The van der Waals surface area contributed by atoms with Gasteiger partial charge >= 0.3 is 5.97 Å². The number of H-pyrrole nitrogens is 1. The fourth-order valence-electron chi connectivity index (χ4n) is 2.32. The number of halogens is 1. The molecule has 0 radical (unpaired) electrons. The molecule has 1 heterocycles. The van der Waals surface area contributed by atoms with Crippen molar-refractivity contribution in [3.8, 4) is 11.3 Å². The van der Waals surface area contributed by atoms with Crippen LogP contribution in [0.1, 0.15) is 30.8 Å². The van der Waals surface area contributed by atoms with Crippen LogP contribution in [-0.4, -0.2) is 45.2 Å². The van der Waals surface area contributed by atoms with Gasteiger partial charge in [-0.05, 0) is 36.2 Å². The number of hydrogen-bond donors (Lipinski definition) is 2. The summed E-state index contributed by atoms with van der Waals surface area (Å²) in [7, 11) is 0. The number of carbonyl (C=O) groups is 2. The van der Waals surface area contributed by atoms with Crippen molar-refractivity contribution in [3.63, 3.8) is 0 Å². The highest BCUT2D eigenvalue weighted by molar-refractivity contribution is 5.93. The Morgan fingerprint density at radius 2 is 1.96 bits per heavy atom. The van der Waals surface area contributed by atoms with Crippen LogP contribution in [0.2, 0.25) is 0 Å². The molecule has 2 rings (SSSR count). The molecular formula is C17H20FN3O3. The highest BCUT2D eigenvalue weighted by atomic mass is 19.1. The molecule has 128 valence electrons. The molecule has 0 saturated heterocycles. The van der Waals surface area contributed by atoms with Crippen molar-refractivity contribution < 1.29 is 19.1 Å². The number of aliphatic carboxylic acids is 1. The maximum atomic E-state index is 13.0. The molecule has 6 nitrogen and oxygen atoms in total. The molecule has 24 heavy (non-hydrogen) atoms. The molecule has 2 N–H and O–H groups in total. The highest BCUT2D eigenvalue weighted by Gasteiger charge is 2.20. The lowest BCUT2D eigenvalue weighted by molar-refractivity contribution is -0.137. The summed E-state index contributed by atoms with van der Waals surface area (Å²) in [5, 5.41) is 15.6. The summed E-state index contributed by atoms with van der Waals surface area (Å²) in [6.45, 7) is 4.50. The van der Waals surface area contributed by atoms with Gasteiger partial charge in [-0.3, -0.25) is 14.7 Å². The minimum Gasteiger partial charge on any atom is -0.481 e. The molecule has 0 fully saturated rings. The van der Waals surface area contributed by atoms with Crippen LogP contribution in [0.5, 0.6) is 0 Å². The first kappa shape index (κ1) is 17.7. The Kier molecular flexibility index (Phi) is 5.68. The molecule has 7 heteroatoms. The van der Waals surface area contributed by atoms with Crippen molar-refractivity contribution in [2.75, 3.05) is 13.1 Å². The Hall–Kier alpha value is -2.70. The minimum absolute atomic E-state index is 0.114. The summed E-state index contributed by atoms with van der Waals surface area (Å²) >= 11 is 0. The maximum Gasteiger partial charge on any atom is 0.305 e. The van der Waals surface area contributed by atoms with E-state index < -0.39 is 5.97 Å². The zero-order valence-corrected chi connectivity index (χ0v) is 13.6. The number of nitrogens with zero attached hydrogens (tertiary/aromatic N) is 2. The van der Waals surface area contributed by atoms with Crippen molar-refractivity contribution in [2.45, 2.75) is 20.3 Å². The van der Waals surface area contributed by atoms with Crippen LogP contribution in [-0.2, 0) is 4.79 Å². The van der Waals surface area contributed by atoms with E-state index in [1.54, 1.807) is 18.2 Å². The number of carboxylic acid groups (broad SMARTS) is 1. The summed E-state index contributed by atoms with van der Waals surface area (Å²) in [5.41, 5.74) is 1.49. The van der Waals surface area contributed by atoms with E-state index in [-0.39, 0.29) is 36.3 Å². The first-order chi connectivity index (χ1) is 11.4. The number of aromatic nitrogens is 2. The Bertz CT molecular complexity index is 710. The summed E-state index contributed by atoms with van der Waals surface area (Å²) < 4.78 is 13.0. The second-order valence-corrected chi connectivity index (χ2v) is 5.96. The van der Waals surface area contributed by atoms with Crippen LogP contribution in [0, 0.1) is 11.7 Å². The van der Waals surface area contributed by atoms with Crippen LogP contribution in [0.15, 0.2) is 30.3 Å². The zero-order chi connectivity index (χ0) is 17.7. The molecule has 1 aromatic carbocycles. The smallest absolute Gasteiger partial charge is 0.305 e. The van der Waals surface area contributed by atoms with Gasteiger partial charge in [0.1, 0.15) is 11.5 Å². The van der Waals surface area contributed by atoms with Crippen LogP contribution >= 0.6 is 0 Å². The van der Waals surface area contributed by atoms with E-state index in [4.69, 9.17) is 5.11 Å². The molecule has 0 aliphatic heterocycles. The zero-order valence-electron chi connectivity index (χ0n) is 13.6. The van der Waals surface area contributed by atoms with E-state index >= 15 is 0 Å². The number of benzene rings is 1.